The molecule has 5 nitrogen and oxygen atoms in total. The molecular weight excluding hydrogens is 330 g/mol. The molecular formula is C9H9BrClN3O2S. The molecule has 0 fully saturated rings. The first-order chi connectivity index (χ1) is 7.90. The van der Waals surface area contributed by atoms with Crippen molar-refractivity contribution in [3.8, 4) is 6.07 Å². The quantitative estimate of drug-likeness (QED) is 0.855. The summed E-state index contributed by atoms with van der Waals surface area (Å²) in [5.41, 5.74) is 0.148. The average molecular weight is 339 g/mol. The summed E-state index contributed by atoms with van der Waals surface area (Å²) >= 11 is 8.91. The summed E-state index contributed by atoms with van der Waals surface area (Å²) in [6.45, 7) is 1.62. The van der Waals surface area contributed by atoms with Crippen LogP contribution in [0.1, 0.15) is 13.3 Å². The van der Waals surface area contributed by atoms with Gasteiger partial charge >= 0.3 is 0 Å². The van der Waals surface area contributed by atoms with Gasteiger partial charge in [-0.1, -0.05) is 18.5 Å². The lowest BCUT2D eigenvalue weighted by atomic mass is 10.4. The third kappa shape index (κ3) is 3.56. The molecule has 92 valence electrons. The number of pyridine rings is 1. The Kier molecular flexibility index (Phi) is 4.74. The van der Waals surface area contributed by atoms with E-state index in [1.165, 1.54) is 12.3 Å². The molecule has 0 bridgehead atoms. The first kappa shape index (κ1) is 14.2. The summed E-state index contributed by atoms with van der Waals surface area (Å²) in [6.07, 6.45) is 1.65. The molecule has 1 N–H and O–H groups in total. The van der Waals surface area contributed by atoms with Crippen LogP contribution in [0.25, 0.3) is 0 Å². The predicted octanol–water partition coefficient (Wildman–Crippen LogP) is 2.54. The molecule has 1 rings (SSSR count). The summed E-state index contributed by atoms with van der Waals surface area (Å²) in [5.74, 6) is 0. The van der Waals surface area contributed by atoms with E-state index in [0.29, 0.717) is 4.47 Å². The molecule has 0 saturated heterocycles. The number of anilines is 1. The van der Waals surface area contributed by atoms with Crippen molar-refractivity contribution in [2.24, 2.45) is 0 Å². The number of nitrogens with one attached hydrogen (secondary N) is 1. The van der Waals surface area contributed by atoms with Gasteiger partial charge in [-0.25, -0.2) is 13.4 Å². The first-order valence-electron chi connectivity index (χ1n) is 4.63. The van der Waals surface area contributed by atoms with Crippen LogP contribution in [0.5, 0.6) is 0 Å². The Morgan fingerprint density at radius 1 is 1.71 bits per heavy atom. The number of aromatic nitrogens is 1. The molecule has 8 heteroatoms. The largest absolute Gasteiger partial charge is 0.279 e. The van der Waals surface area contributed by atoms with Gasteiger partial charge < -0.3 is 0 Å². The Bertz CT molecular complexity index is 556. The number of hydrogen-bond donors (Lipinski definition) is 1. The molecule has 0 aliphatic carbocycles. The molecule has 0 radical (unpaired) electrons. The highest BCUT2D eigenvalue weighted by Gasteiger charge is 2.24. The van der Waals surface area contributed by atoms with Gasteiger partial charge in [0, 0.05) is 10.7 Å². The van der Waals surface area contributed by atoms with Crippen molar-refractivity contribution in [2.75, 3.05) is 4.72 Å². The maximum atomic E-state index is 11.8. The van der Waals surface area contributed by atoms with Gasteiger partial charge in [0.15, 0.2) is 10.4 Å². The van der Waals surface area contributed by atoms with Crippen molar-refractivity contribution in [3.63, 3.8) is 0 Å². The van der Waals surface area contributed by atoms with E-state index < -0.39 is 15.3 Å². The highest BCUT2D eigenvalue weighted by Crippen LogP contribution is 2.24. The van der Waals surface area contributed by atoms with Gasteiger partial charge in [-0.05, 0) is 28.4 Å². The number of sulfonamides is 1. The molecule has 0 aliphatic heterocycles. The lowest BCUT2D eigenvalue weighted by Crippen LogP contribution is -2.26. The second kappa shape index (κ2) is 5.67. The number of nitriles is 1. The second-order valence-electron chi connectivity index (χ2n) is 3.16. The van der Waals surface area contributed by atoms with Crippen molar-refractivity contribution in [3.05, 3.63) is 21.9 Å². The third-order valence-corrected chi connectivity index (χ3v) is 4.37. The smallest absolute Gasteiger partial charge is 0.249 e. The van der Waals surface area contributed by atoms with Crippen molar-refractivity contribution >= 4 is 43.2 Å². The van der Waals surface area contributed by atoms with Gasteiger partial charge in [0.2, 0.25) is 10.0 Å². The molecule has 0 aromatic carbocycles. The zero-order valence-corrected chi connectivity index (χ0v) is 12.0. The average Bonchev–Trinajstić information content (AvgIpc) is 2.24. The number of hydrogen-bond acceptors (Lipinski definition) is 4. The summed E-state index contributed by atoms with van der Waals surface area (Å²) in [6, 6.07) is 3.20. The molecule has 0 spiro atoms. The molecule has 0 saturated carbocycles. The standard InChI is InChI=1S/C9H9BrClN3O2S/c1-2-7(4-12)17(15,16)14-8-3-6(10)5-13-9(8)11/h3,5,7,14H,2H2,1H3. The Morgan fingerprint density at radius 2 is 2.35 bits per heavy atom. The second-order valence-corrected chi connectivity index (χ2v) is 6.30. The summed E-state index contributed by atoms with van der Waals surface area (Å²) in [5, 5.41) is 7.66. The van der Waals surface area contributed by atoms with E-state index in [1.54, 1.807) is 13.0 Å². The van der Waals surface area contributed by atoms with Gasteiger partial charge in [0.25, 0.3) is 0 Å². The van der Waals surface area contributed by atoms with E-state index in [2.05, 4.69) is 25.6 Å². The van der Waals surface area contributed by atoms with Crippen LogP contribution in [0.3, 0.4) is 0 Å². The van der Waals surface area contributed by atoms with Crippen molar-refractivity contribution < 1.29 is 8.42 Å². The van der Waals surface area contributed by atoms with Gasteiger partial charge in [-0.2, -0.15) is 5.26 Å². The highest BCUT2D eigenvalue weighted by molar-refractivity contribution is 9.10. The Labute approximate surface area is 113 Å². The molecule has 0 aliphatic rings. The van der Waals surface area contributed by atoms with Crippen LogP contribution in [0, 0.1) is 11.3 Å². The van der Waals surface area contributed by atoms with Gasteiger partial charge in [-0.15, -0.1) is 0 Å². The van der Waals surface area contributed by atoms with Gasteiger partial charge in [0.05, 0.1) is 11.8 Å². The molecule has 1 atom stereocenters. The zero-order chi connectivity index (χ0) is 13.1. The first-order valence-corrected chi connectivity index (χ1v) is 7.34. The van der Waals surface area contributed by atoms with Crippen LogP contribution in [0.2, 0.25) is 5.15 Å². The van der Waals surface area contributed by atoms with E-state index in [0.717, 1.165) is 0 Å². The van der Waals surface area contributed by atoms with E-state index in [4.69, 9.17) is 16.9 Å². The van der Waals surface area contributed by atoms with Crippen molar-refractivity contribution in [1.82, 2.24) is 4.98 Å². The molecule has 1 heterocycles. The fraction of sp³-hybridized carbons (Fsp3) is 0.333. The van der Waals surface area contributed by atoms with Crippen LogP contribution in [0.4, 0.5) is 5.69 Å². The Balaban J connectivity index is 3.06. The predicted molar refractivity (Wildman–Crippen MR) is 69.2 cm³/mol. The number of rotatable bonds is 4. The van der Waals surface area contributed by atoms with Crippen LogP contribution < -0.4 is 4.72 Å². The van der Waals surface area contributed by atoms with Crippen LogP contribution in [0.15, 0.2) is 16.7 Å². The number of halogens is 2. The third-order valence-electron chi connectivity index (χ3n) is 1.95. The van der Waals surface area contributed by atoms with Gasteiger partial charge in [-0.3, -0.25) is 4.72 Å². The van der Waals surface area contributed by atoms with Crippen LogP contribution >= 0.6 is 27.5 Å². The van der Waals surface area contributed by atoms with E-state index >= 15 is 0 Å². The molecule has 1 unspecified atom stereocenters. The monoisotopic (exact) mass is 337 g/mol. The summed E-state index contributed by atoms with van der Waals surface area (Å²) in [4.78, 5) is 3.78. The Hall–Kier alpha value is -0.840. The fourth-order valence-electron chi connectivity index (χ4n) is 1.10. The highest BCUT2D eigenvalue weighted by atomic mass is 79.9. The minimum Gasteiger partial charge on any atom is -0.279 e. The molecule has 1 aromatic heterocycles. The van der Waals surface area contributed by atoms with Gasteiger partial charge in [0.1, 0.15) is 0 Å². The minimum atomic E-state index is -3.77. The normalized spacial score (nSPS) is 12.8. The number of nitrogens with zero attached hydrogens (tertiary/aromatic N) is 2. The molecule has 17 heavy (non-hydrogen) atoms. The van der Waals surface area contributed by atoms with Crippen molar-refractivity contribution in [1.29, 1.82) is 5.26 Å². The van der Waals surface area contributed by atoms with E-state index in [1.807, 2.05) is 0 Å². The zero-order valence-electron chi connectivity index (χ0n) is 8.81. The lowest BCUT2D eigenvalue weighted by molar-refractivity contribution is 0.593. The summed E-state index contributed by atoms with van der Waals surface area (Å²) < 4.78 is 26.4. The fourth-order valence-corrected chi connectivity index (χ4v) is 2.82. The van der Waals surface area contributed by atoms with Crippen molar-refractivity contribution in [2.45, 2.75) is 18.6 Å². The maximum absolute atomic E-state index is 11.8. The van der Waals surface area contributed by atoms with E-state index in [-0.39, 0.29) is 17.3 Å². The van der Waals surface area contributed by atoms with E-state index in [9.17, 15) is 8.42 Å². The van der Waals surface area contributed by atoms with Crippen LogP contribution in [-0.4, -0.2) is 18.7 Å². The molecule has 1 aromatic rings. The topological polar surface area (TPSA) is 82.8 Å². The SMILES string of the molecule is CCC(C#N)S(=O)(=O)Nc1cc(Br)cnc1Cl. The maximum Gasteiger partial charge on any atom is 0.249 e. The minimum absolute atomic E-state index is 0.0320. The molecule has 0 amide bonds. The summed E-state index contributed by atoms with van der Waals surface area (Å²) in [7, 11) is -3.77. The lowest BCUT2D eigenvalue weighted by Gasteiger charge is -2.12. The Morgan fingerprint density at radius 3 is 2.88 bits per heavy atom. The van der Waals surface area contributed by atoms with Crippen LogP contribution in [-0.2, 0) is 10.0 Å².